The summed E-state index contributed by atoms with van der Waals surface area (Å²) in [6.45, 7) is 5.86. The van der Waals surface area contributed by atoms with Gasteiger partial charge < -0.3 is 18.8 Å². The highest BCUT2D eigenvalue weighted by molar-refractivity contribution is 6.33. The number of halogens is 1. The molecular formula is C26H23ClN2O5. The van der Waals surface area contributed by atoms with E-state index in [1.807, 2.05) is 30.5 Å². The fourth-order valence-corrected chi connectivity index (χ4v) is 3.96. The zero-order valence-corrected chi connectivity index (χ0v) is 20.0. The van der Waals surface area contributed by atoms with Crippen molar-refractivity contribution in [3.63, 3.8) is 0 Å². The van der Waals surface area contributed by atoms with Gasteiger partial charge in [0.2, 0.25) is 5.90 Å². The van der Waals surface area contributed by atoms with Crippen molar-refractivity contribution in [1.29, 1.82) is 0 Å². The number of aryl methyl sites for hydroxylation is 1. The Bertz CT molecular complexity index is 1340. The van der Waals surface area contributed by atoms with Gasteiger partial charge in [0.1, 0.15) is 5.75 Å². The second kappa shape index (κ2) is 9.57. The fourth-order valence-electron chi connectivity index (χ4n) is 3.76. The second-order valence-corrected chi connectivity index (χ2v) is 8.02. The molecule has 2 heterocycles. The van der Waals surface area contributed by atoms with E-state index >= 15 is 0 Å². The smallest absolute Gasteiger partial charge is 0.363 e. The molecule has 3 aromatic rings. The summed E-state index contributed by atoms with van der Waals surface area (Å²) in [5, 5.41) is 0.320. The summed E-state index contributed by atoms with van der Waals surface area (Å²) in [4.78, 5) is 29.1. The highest BCUT2D eigenvalue weighted by Crippen LogP contribution is 2.28. The van der Waals surface area contributed by atoms with Gasteiger partial charge in [-0.25, -0.2) is 14.6 Å². The number of nitrogens with zero attached hydrogens (tertiary/aromatic N) is 2. The van der Waals surface area contributed by atoms with Gasteiger partial charge in [0.05, 0.1) is 24.3 Å². The minimum absolute atomic E-state index is 0.203. The average Bonchev–Trinajstić information content (AvgIpc) is 3.33. The van der Waals surface area contributed by atoms with Crippen molar-refractivity contribution in [2.45, 2.75) is 20.8 Å². The van der Waals surface area contributed by atoms with Gasteiger partial charge in [0.15, 0.2) is 5.70 Å². The Morgan fingerprint density at radius 3 is 2.56 bits per heavy atom. The molecule has 0 bridgehead atoms. The molecule has 0 spiro atoms. The van der Waals surface area contributed by atoms with Gasteiger partial charge in [-0.2, -0.15) is 0 Å². The van der Waals surface area contributed by atoms with E-state index in [0.29, 0.717) is 21.9 Å². The van der Waals surface area contributed by atoms with Crippen LogP contribution in [0.25, 0.3) is 11.8 Å². The number of aromatic nitrogens is 1. The molecule has 1 aromatic heterocycles. The minimum Gasteiger partial charge on any atom is -0.497 e. The molecule has 8 heteroatoms. The van der Waals surface area contributed by atoms with Crippen LogP contribution in [0, 0.1) is 13.8 Å². The maximum atomic E-state index is 12.5. The van der Waals surface area contributed by atoms with Crippen LogP contribution in [0.4, 0.5) is 0 Å². The molecule has 0 aliphatic carbocycles. The van der Waals surface area contributed by atoms with Crippen LogP contribution in [-0.4, -0.2) is 36.1 Å². The number of cyclic esters (lactones) is 1. The molecule has 1 aliphatic rings. The van der Waals surface area contributed by atoms with E-state index in [2.05, 4.69) is 4.99 Å². The monoisotopic (exact) mass is 478 g/mol. The fraction of sp³-hybridized carbons (Fsp3) is 0.192. The number of esters is 2. The first-order chi connectivity index (χ1) is 16.3. The van der Waals surface area contributed by atoms with E-state index in [-0.39, 0.29) is 18.2 Å². The topological polar surface area (TPSA) is 79.1 Å². The average molecular weight is 479 g/mol. The summed E-state index contributed by atoms with van der Waals surface area (Å²) in [7, 11) is 1.58. The largest absolute Gasteiger partial charge is 0.497 e. The van der Waals surface area contributed by atoms with Crippen molar-refractivity contribution in [1.82, 2.24) is 4.57 Å². The molecule has 0 saturated carbocycles. The molecule has 7 nitrogen and oxygen atoms in total. The molecule has 0 radical (unpaired) electrons. The van der Waals surface area contributed by atoms with Gasteiger partial charge >= 0.3 is 11.9 Å². The molecule has 34 heavy (non-hydrogen) atoms. The van der Waals surface area contributed by atoms with Crippen LogP contribution < -0.4 is 4.74 Å². The van der Waals surface area contributed by atoms with Crippen molar-refractivity contribution in [2.24, 2.45) is 4.99 Å². The van der Waals surface area contributed by atoms with Crippen LogP contribution in [0.15, 0.2) is 59.2 Å². The van der Waals surface area contributed by atoms with Crippen molar-refractivity contribution in [3.8, 4) is 11.4 Å². The minimum atomic E-state index is -0.522. The molecule has 2 aromatic carbocycles. The maximum absolute atomic E-state index is 12.5. The van der Waals surface area contributed by atoms with Crippen molar-refractivity contribution < 1.29 is 23.8 Å². The molecule has 0 unspecified atom stereocenters. The van der Waals surface area contributed by atoms with Gasteiger partial charge in [-0.05, 0) is 80.9 Å². The molecule has 0 saturated heterocycles. The first kappa shape index (κ1) is 23.3. The van der Waals surface area contributed by atoms with Crippen LogP contribution >= 0.6 is 11.6 Å². The summed E-state index contributed by atoms with van der Waals surface area (Å²) in [5.74, 6) is -0.0605. The number of benzene rings is 2. The summed E-state index contributed by atoms with van der Waals surface area (Å²) in [6.07, 6.45) is 1.69. The van der Waals surface area contributed by atoms with E-state index < -0.39 is 11.9 Å². The molecule has 4 rings (SSSR count). The van der Waals surface area contributed by atoms with Gasteiger partial charge in [-0.1, -0.05) is 11.6 Å². The predicted molar refractivity (Wildman–Crippen MR) is 130 cm³/mol. The number of aliphatic imine (C=N–C) groups is 1. The van der Waals surface area contributed by atoms with Crippen LogP contribution in [-0.2, 0) is 14.3 Å². The lowest BCUT2D eigenvalue weighted by atomic mass is 10.2. The Kier molecular flexibility index (Phi) is 6.56. The van der Waals surface area contributed by atoms with Crippen LogP contribution in [0.2, 0.25) is 5.02 Å². The molecular weight excluding hydrogens is 456 g/mol. The molecule has 0 N–H and O–H groups in total. The standard InChI is InChI=1S/C26H23ClN2O5/c1-5-33-25(30)21-14-19(8-11-22(21)27)29-15(2)12-18(16(29)3)13-23-26(31)34-24(28-23)17-6-9-20(32-4)10-7-17/h6-14H,5H2,1-4H3/b23-13-. The lowest BCUT2D eigenvalue weighted by molar-refractivity contribution is -0.129. The number of hydrogen-bond donors (Lipinski definition) is 0. The summed E-state index contributed by atoms with van der Waals surface area (Å²) in [6, 6.07) is 14.2. The van der Waals surface area contributed by atoms with Crippen LogP contribution in [0.5, 0.6) is 5.75 Å². The quantitative estimate of drug-likeness (QED) is 0.356. The Morgan fingerprint density at radius 1 is 1.15 bits per heavy atom. The van der Waals surface area contributed by atoms with E-state index in [9.17, 15) is 9.59 Å². The van der Waals surface area contributed by atoms with Gasteiger partial charge in [-0.3, -0.25) is 0 Å². The number of hydrogen-bond acceptors (Lipinski definition) is 6. The Balaban J connectivity index is 1.69. The number of ether oxygens (including phenoxy) is 3. The summed E-state index contributed by atoms with van der Waals surface area (Å²) in [5.41, 5.74) is 4.50. The first-order valence-corrected chi connectivity index (χ1v) is 11.0. The van der Waals surface area contributed by atoms with Crippen molar-refractivity contribution in [2.75, 3.05) is 13.7 Å². The molecule has 0 fully saturated rings. The normalized spacial score (nSPS) is 14.2. The van der Waals surface area contributed by atoms with Crippen molar-refractivity contribution in [3.05, 3.63) is 87.3 Å². The SMILES string of the molecule is CCOC(=O)c1cc(-n2c(C)cc(/C=C3\N=C(c4ccc(OC)cc4)OC3=O)c2C)ccc1Cl. The first-order valence-electron chi connectivity index (χ1n) is 10.6. The zero-order valence-electron chi connectivity index (χ0n) is 19.2. The van der Waals surface area contributed by atoms with Gasteiger partial charge in [0, 0.05) is 22.6 Å². The molecule has 174 valence electrons. The summed E-state index contributed by atoms with van der Waals surface area (Å²) < 4.78 is 17.6. The number of carbonyl (C=O) groups excluding carboxylic acids is 2. The highest BCUT2D eigenvalue weighted by Gasteiger charge is 2.25. The summed E-state index contributed by atoms with van der Waals surface area (Å²) >= 11 is 6.22. The molecule has 1 aliphatic heterocycles. The number of rotatable bonds is 6. The van der Waals surface area contributed by atoms with Crippen molar-refractivity contribution >= 4 is 35.5 Å². The zero-order chi connectivity index (χ0) is 24.4. The third-order valence-electron chi connectivity index (χ3n) is 5.42. The predicted octanol–water partition coefficient (Wildman–Crippen LogP) is 5.28. The Morgan fingerprint density at radius 2 is 1.88 bits per heavy atom. The van der Waals surface area contributed by atoms with E-state index in [1.54, 1.807) is 56.5 Å². The Labute approximate surface area is 202 Å². The second-order valence-electron chi connectivity index (χ2n) is 7.61. The third kappa shape index (κ3) is 4.47. The lowest BCUT2D eigenvalue weighted by Gasteiger charge is -2.12. The van der Waals surface area contributed by atoms with Gasteiger partial charge in [-0.15, -0.1) is 0 Å². The molecule has 0 atom stereocenters. The number of carbonyl (C=O) groups is 2. The maximum Gasteiger partial charge on any atom is 0.363 e. The van der Waals surface area contributed by atoms with E-state index in [4.69, 9.17) is 25.8 Å². The van der Waals surface area contributed by atoms with Gasteiger partial charge in [0.25, 0.3) is 0 Å². The lowest BCUT2D eigenvalue weighted by Crippen LogP contribution is -2.07. The van der Waals surface area contributed by atoms with E-state index in [0.717, 1.165) is 22.6 Å². The number of methoxy groups -OCH3 is 1. The van der Waals surface area contributed by atoms with Crippen LogP contribution in [0.1, 0.15) is 39.8 Å². The van der Waals surface area contributed by atoms with Crippen LogP contribution in [0.3, 0.4) is 0 Å². The highest BCUT2D eigenvalue weighted by atomic mass is 35.5. The van der Waals surface area contributed by atoms with E-state index in [1.165, 1.54) is 0 Å². The third-order valence-corrected chi connectivity index (χ3v) is 5.75. The molecule has 0 amide bonds. The Hall–Kier alpha value is -3.84.